The van der Waals surface area contributed by atoms with Gasteiger partial charge in [-0.25, -0.2) is 4.39 Å². The molecule has 1 nitrogen and oxygen atoms in total. The van der Waals surface area contributed by atoms with Crippen LogP contribution in [-0.2, 0) is 5.60 Å². The normalized spacial score (nSPS) is 11.6. The smallest absolute Gasteiger partial charge is 0.141 e. The summed E-state index contributed by atoms with van der Waals surface area (Å²) in [6.45, 7) is 0. The van der Waals surface area contributed by atoms with Crippen molar-refractivity contribution in [2.75, 3.05) is 0 Å². The van der Waals surface area contributed by atoms with E-state index in [2.05, 4.69) is 15.9 Å². The van der Waals surface area contributed by atoms with Gasteiger partial charge < -0.3 is 5.11 Å². The van der Waals surface area contributed by atoms with Gasteiger partial charge in [-0.1, -0.05) is 113 Å². The largest absolute Gasteiger partial charge is 0.376 e. The minimum absolute atomic E-state index is 0.393. The van der Waals surface area contributed by atoms with Gasteiger partial charge in [-0.05, 0) is 51.2 Å². The van der Waals surface area contributed by atoms with Crippen LogP contribution in [0, 0.1) is 5.82 Å². The molecule has 32 heavy (non-hydrogen) atoms. The minimum atomic E-state index is -1.53. The fraction of sp³-hybridized carbons (Fsp3) is 0.0345. The molecule has 0 aliphatic carbocycles. The number of aliphatic hydroxyl groups is 1. The maximum atomic E-state index is 14.7. The van der Waals surface area contributed by atoms with Crippen LogP contribution in [0.1, 0.15) is 16.7 Å². The van der Waals surface area contributed by atoms with Crippen LogP contribution in [-0.4, -0.2) is 5.11 Å². The molecule has 0 heterocycles. The lowest BCUT2D eigenvalue weighted by Crippen LogP contribution is -2.29. The molecule has 0 amide bonds. The first-order valence-corrected chi connectivity index (χ1v) is 11.2. The summed E-state index contributed by atoms with van der Waals surface area (Å²) in [7, 11) is 0. The van der Waals surface area contributed by atoms with Crippen LogP contribution in [0.4, 0.5) is 4.39 Å². The Hall–Kier alpha value is -3.27. The van der Waals surface area contributed by atoms with Gasteiger partial charge in [0.1, 0.15) is 11.4 Å². The highest BCUT2D eigenvalue weighted by Crippen LogP contribution is 2.44. The first-order chi connectivity index (χ1) is 15.6. The van der Waals surface area contributed by atoms with Gasteiger partial charge in [0.25, 0.3) is 0 Å². The van der Waals surface area contributed by atoms with E-state index in [4.69, 9.17) is 0 Å². The van der Waals surface area contributed by atoms with E-state index in [9.17, 15) is 9.50 Å². The van der Waals surface area contributed by atoms with E-state index in [1.54, 1.807) is 6.07 Å². The van der Waals surface area contributed by atoms with E-state index in [1.165, 1.54) is 12.1 Å². The summed E-state index contributed by atoms with van der Waals surface area (Å²) in [5, 5.41) is 14.4. The van der Waals surface area contributed by atoms with Gasteiger partial charge in [0, 0.05) is 10.0 Å². The summed E-state index contributed by atoms with van der Waals surface area (Å²) in [5.74, 6) is -0.393. The standard InChI is InChI=1S/C29H20BrFO/c30-28-18-17-24(23-13-7-8-14-26(23)28)25-16-15-22(31)19-27(25)29(32,20-9-3-1-4-10-20)21-11-5-2-6-12-21/h1-19,32H. The van der Waals surface area contributed by atoms with Crippen LogP contribution in [0.3, 0.4) is 0 Å². The summed E-state index contributed by atoms with van der Waals surface area (Å²) >= 11 is 3.64. The van der Waals surface area contributed by atoms with Gasteiger partial charge in [0.2, 0.25) is 0 Å². The van der Waals surface area contributed by atoms with Crippen LogP contribution < -0.4 is 0 Å². The van der Waals surface area contributed by atoms with E-state index in [0.717, 1.165) is 26.4 Å². The highest BCUT2D eigenvalue weighted by atomic mass is 79.9. The number of hydrogen-bond donors (Lipinski definition) is 1. The monoisotopic (exact) mass is 482 g/mol. The molecule has 0 aliphatic rings. The van der Waals surface area contributed by atoms with Crippen molar-refractivity contribution in [1.29, 1.82) is 0 Å². The number of rotatable bonds is 4. The molecule has 0 bridgehead atoms. The molecular formula is C29H20BrFO. The second kappa shape index (κ2) is 8.34. The highest BCUT2D eigenvalue weighted by Gasteiger charge is 2.36. The van der Waals surface area contributed by atoms with Gasteiger partial charge in [-0.2, -0.15) is 0 Å². The van der Waals surface area contributed by atoms with Crippen LogP contribution in [0.25, 0.3) is 21.9 Å². The average Bonchev–Trinajstić information content (AvgIpc) is 2.85. The minimum Gasteiger partial charge on any atom is -0.376 e. The Morgan fingerprint density at radius 3 is 1.75 bits per heavy atom. The lowest BCUT2D eigenvalue weighted by atomic mass is 9.77. The molecule has 1 N–H and O–H groups in total. The Balaban J connectivity index is 1.87. The fourth-order valence-electron chi connectivity index (χ4n) is 4.38. The van der Waals surface area contributed by atoms with Crippen LogP contribution in [0.5, 0.6) is 0 Å². The van der Waals surface area contributed by atoms with E-state index in [-0.39, 0.29) is 0 Å². The predicted octanol–water partition coefficient (Wildman–Crippen LogP) is 7.69. The van der Waals surface area contributed by atoms with Gasteiger partial charge in [-0.15, -0.1) is 0 Å². The van der Waals surface area contributed by atoms with Gasteiger partial charge in [0.05, 0.1) is 0 Å². The molecule has 0 radical (unpaired) electrons. The maximum absolute atomic E-state index is 14.7. The van der Waals surface area contributed by atoms with Crippen molar-refractivity contribution >= 4 is 26.7 Å². The maximum Gasteiger partial charge on any atom is 0.141 e. The van der Waals surface area contributed by atoms with Crippen LogP contribution in [0.15, 0.2) is 120 Å². The Bertz CT molecular complexity index is 1360. The molecule has 5 aromatic carbocycles. The lowest BCUT2D eigenvalue weighted by Gasteiger charge is -2.32. The lowest BCUT2D eigenvalue weighted by molar-refractivity contribution is 0.126. The molecule has 0 unspecified atom stereocenters. The molecule has 0 spiro atoms. The predicted molar refractivity (Wildman–Crippen MR) is 132 cm³/mol. The molecule has 0 fully saturated rings. The van der Waals surface area contributed by atoms with Gasteiger partial charge in [-0.3, -0.25) is 0 Å². The Kier molecular flexibility index (Phi) is 5.38. The molecule has 3 heteroatoms. The molecule has 0 saturated heterocycles. The third-order valence-corrected chi connectivity index (χ3v) is 6.61. The molecule has 0 aliphatic heterocycles. The summed E-state index contributed by atoms with van der Waals surface area (Å²) in [5.41, 5.74) is 2.05. The highest BCUT2D eigenvalue weighted by molar-refractivity contribution is 9.10. The number of benzene rings is 5. The molecule has 0 saturated carbocycles. The number of fused-ring (bicyclic) bond motifs is 1. The number of hydrogen-bond acceptors (Lipinski definition) is 1. The van der Waals surface area contributed by atoms with Crippen molar-refractivity contribution in [3.8, 4) is 11.1 Å². The van der Waals surface area contributed by atoms with Crippen molar-refractivity contribution in [3.05, 3.63) is 142 Å². The second-order valence-electron chi connectivity index (χ2n) is 7.77. The summed E-state index contributed by atoms with van der Waals surface area (Å²) < 4.78 is 15.7. The zero-order valence-electron chi connectivity index (χ0n) is 17.2. The molecule has 5 aromatic rings. The molecule has 0 aromatic heterocycles. The average molecular weight is 483 g/mol. The van der Waals surface area contributed by atoms with Crippen molar-refractivity contribution < 1.29 is 9.50 Å². The summed E-state index contributed by atoms with van der Waals surface area (Å²) in [6, 6.07) is 35.6. The molecular weight excluding hydrogens is 463 g/mol. The van der Waals surface area contributed by atoms with E-state index < -0.39 is 11.4 Å². The van der Waals surface area contributed by atoms with Crippen molar-refractivity contribution in [3.63, 3.8) is 0 Å². The Morgan fingerprint density at radius 2 is 1.12 bits per heavy atom. The van der Waals surface area contributed by atoms with Crippen molar-refractivity contribution in [1.82, 2.24) is 0 Å². The summed E-state index contributed by atoms with van der Waals surface area (Å²) in [4.78, 5) is 0. The van der Waals surface area contributed by atoms with Crippen LogP contribution in [0.2, 0.25) is 0 Å². The molecule has 156 valence electrons. The summed E-state index contributed by atoms with van der Waals surface area (Å²) in [6.07, 6.45) is 0. The topological polar surface area (TPSA) is 20.2 Å². The van der Waals surface area contributed by atoms with E-state index >= 15 is 0 Å². The van der Waals surface area contributed by atoms with Gasteiger partial charge >= 0.3 is 0 Å². The zero-order valence-corrected chi connectivity index (χ0v) is 18.8. The van der Waals surface area contributed by atoms with Gasteiger partial charge in [0.15, 0.2) is 0 Å². The van der Waals surface area contributed by atoms with E-state index in [1.807, 2.05) is 97.1 Å². The van der Waals surface area contributed by atoms with Crippen molar-refractivity contribution in [2.45, 2.75) is 5.60 Å². The van der Waals surface area contributed by atoms with Crippen molar-refractivity contribution in [2.24, 2.45) is 0 Å². The first-order valence-electron chi connectivity index (χ1n) is 10.4. The zero-order chi connectivity index (χ0) is 22.1. The molecule has 0 atom stereocenters. The third kappa shape index (κ3) is 3.44. The second-order valence-corrected chi connectivity index (χ2v) is 8.63. The van der Waals surface area contributed by atoms with E-state index in [0.29, 0.717) is 16.7 Å². The Morgan fingerprint density at radius 1 is 0.594 bits per heavy atom. The molecule has 5 rings (SSSR count). The van der Waals surface area contributed by atoms with Crippen LogP contribution >= 0.6 is 15.9 Å². The fourth-order valence-corrected chi connectivity index (χ4v) is 4.86. The Labute approximate surface area is 194 Å². The third-order valence-electron chi connectivity index (χ3n) is 5.92. The SMILES string of the molecule is OC(c1ccccc1)(c1ccccc1)c1cc(F)ccc1-c1ccc(Br)c2ccccc12. The first kappa shape index (κ1) is 20.6. The number of halogens is 2. The quantitative estimate of drug-likeness (QED) is 0.260.